The van der Waals surface area contributed by atoms with Gasteiger partial charge in [0, 0.05) is 12.8 Å². The summed E-state index contributed by atoms with van der Waals surface area (Å²) in [6.45, 7) is 0. The third kappa shape index (κ3) is 7.70. The molecule has 3 amide bonds. The summed E-state index contributed by atoms with van der Waals surface area (Å²) < 4.78 is 5.75. The number of rotatable bonds is 11. The van der Waals surface area contributed by atoms with Crippen LogP contribution in [0.2, 0.25) is 0 Å². The Labute approximate surface area is 215 Å². The highest BCUT2D eigenvalue weighted by atomic mass is 16.5. The Balaban J connectivity index is 1.80. The first-order chi connectivity index (χ1) is 18.0. The van der Waals surface area contributed by atoms with Gasteiger partial charge in [0.25, 0.3) is 5.91 Å². The summed E-state index contributed by atoms with van der Waals surface area (Å²) in [7, 11) is 0. The van der Waals surface area contributed by atoms with E-state index in [1.165, 1.54) is 12.1 Å². The van der Waals surface area contributed by atoms with Crippen LogP contribution >= 0.6 is 0 Å². The summed E-state index contributed by atoms with van der Waals surface area (Å²) in [6.07, 6.45) is -2.81. The lowest BCUT2D eigenvalue weighted by molar-refractivity contribution is -0.140. The molecule has 0 bridgehead atoms. The quantitative estimate of drug-likeness (QED) is 0.177. The number of para-hydroxylation sites is 1. The molecule has 4 atom stereocenters. The number of hydrogen-bond donors (Lipinski definition) is 8. The monoisotopic (exact) mass is 529 g/mol. The SMILES string of the molecule is NC1NC(=O)C(CC(=O)Nc2ccc(C(=O)N[C@@H](CCC(=O)O)C(=O)O)nc2Oc2ccccc2)C(N)N1. The summed E-state index contributed by atoms with van der Waals surface area (Å²) in [5.41, 5.74) is 11.3. The molecule has 15 nitrogen and oxygen atoms in total. The molecule has 3 unspecified atom stereocenters. The van der Waals surface area contributed by atoms with Gasteiger partial charge in [0.1, 0.15) is 29.5 Å². The van der Waals surface area contributed by atoms with E-state index in [0.717, 1.165) is 0 Å². The van der Waals surface area contributed by atoms with Crippen molar-refractivity contribution in [3.8, 4) is 11.6 Å². The molecule has 0 saturated carbocycles. The Kier molecular flexibility index (Phi) is 9.26. The maximum atomic E-state index is 12.7. The van der Waals surface area contributed by atoms with Crippen molar-refractivity contribution < 1.29 is 38.9 Å². The van der Waals surface area contributed by atoms with Crippen LogP contribution in [0.25, 0.3) is 0 Å². The fourth-order valence-corrected chi connectivity index (χ4v) is 3.51. The van der Waals surface area contributed by atoms with Crippen LogP contribution in [0.1, 0.15) is 29.8 Å². The maximum Gasteiger partial charge on any atom is 0.326 e. The normalized spacial score (nSPS) is 19.5. The van der Waals surface area contributed by atoms with Crippen LogP contribution in [0.5, 0.6) is 11.6 Å². The number of nitrogens with zero attached hydrogens (tertiary/aromatic N) is 1. The number of carboxylic acids is 2. The number of anilines is 1. The fourth-order valence-electron chi connectivity index (χ4n) is 3.51. The number of benzene rings is 1. The van der Waals surface area contributed by atoms with Crippen LogP contribution in [-0.2, 0) is 19.2 Å². The first-order valence-electron chi connectivity index (χ1n) is 11.4. The number of amides is 3. The van der Waals surface area contributed by atoms with Gasteiger partial charge in [-0.2, -0.15) is 0 Å². The van der Waals surface area contributed by atoms with E-state index < -0.39 is 60.5 Å². The van der Waals surface area contributed by atoms with E-state index in [4.69, 9.17) is 21.3 Å². The van der Waals surface area contributed by atoms with E-state index in [-0.39, 0.29) is 30.1 Å². The third-order valence-electron chi connectivity index (χ3n) is 5.42. The molecule has 3 rings (SSSR count). The minimum Gasteiger partial charge on any atom is -0.481 e. The molecule has 1 aliphatic rings. The van der Waals surface area contributed by atoms with Gasteiger partial charge in [0.15, 0.2) is 0 Å². The van der Waals surface area contributed by atoms with Crippen molar-refractivity contribution in [1.82, 2.24) is 20.9 Å². The zero-order valence-electron chi connectivity index (χ0n) is 19.9. The number of ether oxygens (including phenoxy) is 1. The van der Waals surface area contributed by atoms with Crippen molar-refractivity contribution in [2.45, 2.75) is 37.8 Å². The van der Waals surface area contributed by atoms with Gasteiger partial charge in [-0.15, -0.1) is 0 Å². The molecule has 1 saturated heterocycles. The number of aliphatic carboxylic acids is 2. The van der Waals surface area contributed by atoms with Gasteiger partial charge in [-0.05, 0) is 30.7 Å². The van der Waals surface area contributed by atoms with Crippen LogP contribution < -0.4 is 37.5 Å². The minimum atomic E-state index is -1.47. The average molecular weight is 530 g/mol. The number of carboxylic acid groups (broad SMARTS) is 2. The van der Waals surface area contributed by atoms with Crippen LogP contribution in [-0.4, -0.2) is 63.4 Å². The van der Waals surface area contributed by atoms with Crippen molar-refractivity contribution in [2.24, 2.45) is 17.4 Å². The highest BCUT2D eigenvalue weighted by Crippen LogP contribution is 2.28. The molecule has 0 aliphatic carbocycles. The number of nitrogens with two attached hydrogens (primary N) is 2. The summed E-state index contributed by atoms with van der Waals surface area (Å²) in [5, 5.41) is 28.1. The molecule has 1 aromatic carbocycles. The number of nitrogens with one attached hydrogen (secondary N) is 4. The highest BCUT2D eigenvalue weighted by molar-refractivity contribution is 5.98. The van der Waals surface area contributed by atoms with Crippen molar-refractivity contribution in [1.29, 1.82) is 0 Å². The van der Waals surface area contributed by atoms with Gasteiger partial charge in [-0.1, -0.05) is 18.2 Å². The lowest BCUT2D eigenvalue weighted by Gasteiger charge is -2.33. The van der Waals surface area contributed by atoms with Crippen LogP contribution in [0.4, 0.5) is 5.69 Å². The molecule has 38 heavy (non-hydrogen) atoms. The molecule has 0 spiro atoms. The van der Waals surface area contributed by atoms with E-state index in [9.17, 15) is 29.1 Å². The lowest BCUT2D eigenvalue weighted by Crippen LogP contribution is -2.67. The summed E-state index contributed by atoms with van der Waals surface area (Å²) >= 11 is 0. The van der Waals surface area contributed by atoms with Gasteiger partial charge in [-0.25, -0.2) is 9.78 Å². The van der Waals surface area contributed by atoms with Crippen molar-refractivity contribution in [3.05, 3.63) is 48.2 Å². The number of hydrogen-bond acceptors (Lipinski definition) is 10. The summed E-state index contributed by atoms with van der Waals surface area (Å²) in [5.74, 6) is -5.40. The average Bonchev–Trinajstić information content (AvgIpc) is 2.85. The Bertz CT molecular complexity index is 1210. The molecule has 1 aromatic heterocycles. The molecule has 2 aromatic rings. The lowest BCUT2D eigenvalue weighted by atomic mass is 9.98. The van der Waals surface area contributed by atoms with Gasteiger partial charge in [0.2, 0.25) is 17.7 Å². The van der Waals surface area contributed by atoms with Crippen LogP contribution in [0.15, 0.2) is 42.5 Å². The van der Waals surface area contributed by atoms with Gasteiger partial charge in [0.05, 0.1) is 12.1 Å². The Hall–Kier alpha value is -4.60. The molecule has 1 aliphatic heterocycles. The molecular weight excluding hydrogens is 502 g/mol. The Morgan fingerprint density at radius 2 is 1.79 bits per heavy atom. The van der Waals surface area contributed by atoms with E-state index in [1.54, 1.807) is 30.3 Å². The number of aromatic nitrogens is 1. The minimum absolute atomic E-state index is 0.0607. The predicted molar refractivity (Wildman–Crippen MR) is 130 cm³/mol. The zero-order valence-corrected chi connectivity index (χ0v) is 19.9. The number of pyridine rings is 1. The summed E-state index contributed by atoms with van der Waals surface area (Å²) in [6, 6.07) is 9.40. The molecule has 1 fully saturated rings. The second-order valence-electron chi connectivity index (χ2n) is 8.30. The van der Waals surface area contributed by atoms with Crippen LogP contribution in [0, 0.1) is 5.92 Å². The molecular formula is C23H27N7O8. The topological polar surface area (TPSA) is 248 Å². The molecule has 2 heterocycles. The molecule has 0 radical (unpaired) electrons. The van der Waals surface area contributed by atoms with Gasteiger partial charge < -0.3 is 36.6 Å². The first-order valence-corrected chi connectivity index (χ1v) is 11.4. The van der Waals surface area contributed by atoms with E-state index in [0.29, 0.717) is 5.75 Å². The molecule has 15 heteroatoms. The van der Waals surface area contributed by atoms with Crippen molar-refractivity contribution in [3.63, 3.8) is 0 Å². The van der Waals surface area contributed by atoms with E-state index in [1.807, 2.05) is 0 Å². The predicted octanol–water partition coefficient (Wildman–Crippen LogP) is -0.887. The number of carbonyl (C=O) groups is 5. The second-order valence-corrected chi connectivity index (χ2v) is 8.30. The summed E-state index contributed by atoms with van der Waals surface area (Å²) in [4.78, 5) is 64.0. The van der Waals surface area contributed by atoms with E-state index in [2.05, 4.69) is 26.3 Å². The largest absolute Gasteiger partial charge is 0.481 e. The third-order valence-corrected chi connectivity index (χ3v) is 5.42. The second kappa shape index (κ2) is 12.6. The Morgan fingerprint density at radius 1 is 1.08 bits per heavy atom. The first kappa shape index (κ1) is 28.0. The maximum absolute atomic E-state index is 12.7. The van der Waals surface area contributed by atoms with Crippen LogP contribution in [0.3, 0.4) is 0 Å². The van der Waals surface area contributed by atoms with Gasteiger partial charge in [-0.3, -0.25) is 30.2 Å². The van der Waals surface area contributed by atoms with Gasteiger partial charge >= 0.3 is 11.9 Å². The standard InChI is InChI=1S/C23H27N7O8/c24-18-12(19(34)30-23(25)29-18)10-16(31)26-14-7-6-13(28-21(14)38-11-4-2-1-3-5-11)20(35)27-15(22(36)37)8-9-17(32)33/h1-7,12,15,18,23,29H,8-10,24-25H2,(H,26,31)(H,27,35)(H,30,34)(H,32,33)(H,36,37)/t12?,15-,18?,23?/m0/s1. The molecule has 202 valence electrons. The smallest absolute Gasteiger partial charge is 0.326 e. The highest BCUT2D eigenvalue weighted by Gasteiger charge is 2.34. The Morgan fingerprint density at radius 3 is 2.42 bits per heavy atom. The zero-order chi connectivity index (χ0) is 27.8. The number of carbonyl (C=O) groups excluding carboxylic acids is 3. The fraction of sp³-hybridized carbons (Fsp3) is 0.304. The van der Waals surface area contributed by atoms with Crippen molar-refractivity contribution >= 4 is 35.3 Å². The van der Waals surface area contributed by atoms with E-state index >= 15 is 0 Å². The van der Waals surface area contributed by atoms with Crippen molar-refractivity contribution in [2.75, 3.05) is 5.32 Å². The molecule has 10 N–H and O–H groups in total.